The predicted molar refractivity (Wildman–Crippen MR) is 72.1 cm³/mol. The summed E-state index contributed by atoms with van der Waals surface area (Å²) in [6, 6.07) is 6.93. The van der Waals surface area contributed by atoms with Crippen LogP contribution in [0.4, 0.5) is 34.6 Å². The Morgan fingerprint density at radius 1 is 1.14 bits per heavy atom. The number of anilines is 3. The third-order valence-corrected chi connectivity index (χ3v) is 2.79. The van der Waals surface area contributed by atoms with Gasteiger partial charge in [0, 0.05) is 17.8 Å². The first kappa shape index (κ1) is 15.0. The molecule has 3 N–H and O–H groups in total. The Hall–Kier alpha value is -2.44. The Bertz CT molecular complexity index is 656. The highest BCUT2D eigenvalue weighted by molar-refractivity contribution is 5.74. The molecule has 0 atom stereocenters. The Balaban J connectivity index is 2.34. The Labute approximate surface area is 118 Å². The van der Waals surface area contributed by atoms with Crippen molar-refractivity contribution < 1.29 is 22.3 Å². The van der Waals surface area contributed by atoms with Gasteiger partial charge in [-0.25, -0.2) is 4.39 Å². The lowest BCUT2D eigenvalue weighted by Crippen LogP contribution is -2.05. The zero-order chi connectivity index (χ0) is 15.6. The van der Waals surface area contributed by atoms with E-state index in [4.69, 9.17) is 10.5 Å². The van der Waals surface area contributed by atoms with Crippen LogP contribution >= 0.6 is 0 Å². The van der Waals surface area contributed by atoms with Gasteiger partial charge in [0.15, 0.2) is 11.6 Å². The minimum Gasteiger partial charge on any atom is -0.494 e. The maximum atomic E-state index is 13.4. The number of hydrogen-bond donors (Lipinski definition) is 2. The monoisotopic (exact) mass is 300 g/mol. The zero-order valence-electron chi connectivity index (χ0n) is 11.0. The van der Waals surface area contributed by atoms with Crippen molar-refractivity contribution >= 4 is 17.1 Å². The van der Waals surface area contributed by atoms with Crippen molar-refractivity contribution in [2.24, 2.45) is 0 Å². The van der Waals surface area contributed by atoms with Gasteiger partial charge in [-0.1, -0.05) is 6.07 Å². The van der Waals surface area contributed by atoms with Crippen molar-refractivity contribution in [3.05, 3.63) is 47.8 Å². The van der Waals surface area contributed by atoms with Gasteiger partial charge in [-0.3, -0.25) is 0 Å². The van der Waals surface area contributed by atoms with Crippen LogP contribution in [0, 0.1) is 5.82 Å². The molecule has 0 unspecified atom stereocenters. The molecule has 0 aromatic heterocycles. The standard InChI is InChI=1S/C14H12F4N2O/c1-21-13-7-12(11(19)6-10(13)15)20-9-4-2-3-8(5-9)14(16,17)18/h2-7,20H,19H2,1H3. The van der Waals surface area contributed by atoms with E-state index in [-0.39, 0.29) is 22.8 Å². The molecule has 0 amide bonds. The van der Waals surface area contributed by atoms with Crippen LogP contribution < -0.4 is 15.8 Å². The highest BCUT2D eigenvalue weighted by Crippen LogP contribution is 2.33. The molecule has 21 heavy (non-hydrogen) atoms. The van der Waals surface area contributed by atoms with Crippen molar-refractivity contribution in [2.45, 2.75) is 6.18 Å². The number of rotatable bonds is 3. The minimum absolute atomic E-state index is 0.0568. The van der Waals surface area contributed by atoms with Crippen LogP contribution in [-0.2, 0) is 6.18 Å². The van der Waals surface area contributed by atoms with E-state index in [2.05, 4.69) is 5.32 Å². The fourth-order valence-electron chi connectivity index (χ4n) is 1.76. The van der Waals surface area contributed by atoms with E-state index in [1.807, 2.05) is 0 Å². The van der Waals surface area contributed by atoms with Crippen LogP contribution in [0.1, 0.15) is 5.56 Å². The number of ether oxygens (including phenoxy) is 1. The van der Waals surface area contributed by atoms with Crippen molar-refractivity contribution in [2.75, 3.05) is 18.2 Å². The number of halogens is 4. The number of nitrogens with two attached hydrogens (primary N) is 1. The second-order valence-corrected chi connectivity index (χ2v) is 4.28. The molecule has 3 nitrogen and oxygen atoms in total. The second-order valence-electron chi connectivity index (χ2n) is 4.28. The summed E-state index contributed by atoms with van der Waals surface area (Å²) in [4.78, 5) is 0. The highest BCUT2D eigenvalue weighted by Gasteiger charge is 2.30. The molecule has 0 heterocycles. The van der Waals surface area contributed by atoms with Crippen molar-refractivity contribution in [3.63, 3.8) is 0 Å². The van der Waals surface area contributed by atoms with E-state index in [0.29, 0.717) is 0 Å². The Morgan fingerprint density at radius 2 is 1.86 bits per heavy atom. The molecule has 2 aromatic rings. The van der Waals surface area contributed by atoms with Gasteiger partial charge in [0.1, 0.15) is 0 Å². The molecule has 112 valence electrons. The number of benzene rings is 2. The third kappa shape index (κ3) is 3.36. The van der Waals surface area contributed by atoms with Gasteiger partial charge in [0.05, 0.1) is 24.0 Å². The molecule has 0 fully saturated rings. The first-order chi connectivity index (χ1) is 9.81. The summed E-state index contributed by atoms with van der Waals surface area (Å²) in [7, 11) is 1.28. The number of alkyl halides is 3. The van der Waals surface area contributed by atoms with Crippen LogP contribution in [0.2, 0.25) is 0 Å². The lowest BCUT2D eigenvalue weighted by molar-refractivity contribution is -0.137. The van der Waals surface area contributed by atoms with Crippen molar-refractivity contribution in [1.82, 2.24) is 0 Å². The van der Waals surface area contributed by atoms with E-state index in [0.717, 1.165) is 18.2 Å². The lowest BCUT2D eigenvalue weighted by Gasteiger charge is -2.13. The predicted octanol–water partition coefficient (Wildman–Crippen LogP) is 4.18. The van der Waals surface area contributed by atoms with Gasteiger partial charge in [-0.2, -0.15) is 13.2 Å². The molecule has 0 bridgehead atoms. The fourth-order valence-corrected chi connectivity index (χ4v) is 1.76. The maximum absolute atomic E-state index is 13.4. The topological polar surface area (TPSA) is 47.3 Å². The normalized spacial score (nSPS) is 11.3. The van der Waals surface area contributed by atoms with Gasteiger partial charge < -0.3 is 15.8 Å². The number of hydrogen-bond acceptors (Lipinski definition) is 3. The molecule has 0 saturated carbocycles. The van der Waals surface area contributed by atoms with Crippen LogP contribution in [0.25, 0.3) is 0 Å². The van der Waals surface area contributed by atoms with Gasteiger partial charge in [0.25, 0.3) is 0 Å². The molecule has 0 spiro atoms. The number of nitrogen functional groups attached to an aromatic ring is 1. The van der Waals surface area contributed by atoms with E-state index < -0.39 is 17.6 Å². The summed E-state index contributed by atoms with van der Waals surface area (Å²) >= 11 is 0. The van der Waals surface area contributed by atoms with E-state index in [1.54, 1.807) is 0 Å². The van der Waals surface area contributed by atoms with Gasteiger partial charge >= 0.3 is 6.18 Å². The van der Waals surface area contributed by atoms with E-state index in [1.165, 1.54) is 25.3 Å². The second kappa shape index (κ2) is 5.51. The minimum atomic E-state index is -4.44. The maximum Gasteiger partial charge on any atom is 0.416 e. The summed E-state index contributed by atoms with van der Waals surface area (Å²) in [6.07, 6.45) is -4.44. The zero-order valence-corrected chi connectivity index (χ0v) is 11.0. The smallest absolute Gasteiger partial charge is 0.416 e. The molecule has 0 aliphatic heterocycles. The van der Waals surface area contributed by atoms with Crippen LogP contribution in [0.5, 0.6) is 5.75 Å². The van der Waals surface area contributed by atoms with Crippen molar-refractivity contribution in [1.29, 1.82) is 0 Å². The summed E-state index contributed by atoms with van der Waals surface area (Å²) in [6.45, 7) is 0. The average molecular weight is 300 g/mol. The van der Waals surface area contributed by atoms with E-state index >= 15 is 0 Å². The first-order valence-corrected chi connectivity index (χ1v) is 5.88. The van der Waals surface area contributed by atoms with Crippen molar-refractivity contribution in [3.8, 4) is 5.75 Å². The molecule has 2 rings (SSSR count). The first-order valence-electron chi connectivity index (χ1n) is 5.88. The average Bonchev–Trinajstić information content (AvgIpc) is 2.41. The highest BCUT2D eigenvalue weighted by atomic mass is 19.4. The number of methoxy groups -OCH3 is 1. The van der Waals surface area contributed by atoms with Crippen LogP contribution in [0.3, 0.4) is 0 Å². The van der Waals surface area contributed by atoms with E-state index in [9.17, 15) is 17.6 Å². The van der Waals surface area contributed by atoms with Crippen LogP contribution in [0.15, 0.2) is 36.4 Å². The molecule has 0 aliphatic rings. The van der Waals surface area contributed by atoms with Crippen LogP contribution in [-0.4, -0.2) is 7.11 Å². The largest absolute Gasteiger partial charge is 0.494 e. The SMILES string of the molecule is COc1cc(Nc2cccc(C(F)(F)F)c2)c(N)cc1F. The van der Waals surface area contributed by atoms with Gasteiger partial charge in [-0.05, 0) is 18.2 Å². The summed E-state index contributed by atoms with van der Waals surface area (Å²) in [5.41, 5.74) is 5.35. The van der Waals surface area contributed by atoms with Gasteiger partial charge in [-0.15, -0.1) is 0 Å². The number of nitrogens with one attached hydrogen (secondary N) is 1. The molecular weight excluding hydrogens is 288 g/mol. The fraction of sp³-hybridized carbons (Fsp3) is 0.143. The molecule has 0 saturated heterocycles. The summed E-state index contributed by atoms with van der Waals surface area (Å²) in [5.74, 6) is -0.705. The summed E-state index contributed by atoms with van der Waals surface area (Å²) < 4.78 is 56.1. The molecular formula is C14H12F4N2O. The molecule has 2 aromatic carbocycles. The quantitative estimate of drug-likeness (QED) is 0.660. The summed E-state index contributed by atoms with van der Waals surface area (Å²) in [5, 5.41) is 2.71. The lowest BCUT2D eigenvalue weighted by atomic mass is 10.1. The van der Waals surface area contributed by atoms with Gasteiger partial charge in [0.2, 0.25) is 0 Å². The molecule has 7 heteroatoms. The Kier molecular flexibility index (Phi) is 3.93. The third-order valence-electron chi connectivity index (χ3n) is 2.79. The Morgan fingerprint density at radius 3 is 2.48 bits per heavy atom. The molecule has 0 aliphatic carbocycles. The molecule has 0 radical (unpaired) electrons.